The van der Waals surface area contributed by atoms with E-state index >= 15 is 0 Å². The van der Waals surface area contributed by atoms with E-state index in [-0.39, 0.29) is 12.1 Å². The summed E-state index contributed by atoms with van der Waals surface area (Å²) in [5, 5.41) is 0. The molecule has 0 N–H and O–H groups in total. The molecule has 3 rings (SSSR count). The zero-order valence-electron chi connectivity index (χ0n) is 12.7. The highest BCUT2D eigenvalue weighted by Crippen LogP contribution is 2.35. The number of carbonyl (C=O) groups excluding carboxylic acids is 1. The summed E-state index contributed by atoms with van der Waals surface area (Å²) in [6.07, 6.45) is 0.862. The number of hydrogen-bond donors (Lipinski definition) is 0. The van der Waals surface area contributed by atoms with E-state index in [1.54, 1.807) is 0 Å². The summed E-state index contributed by atoms with van der Waals surface area (Å²) < 4.78 is 6.58. The number of piperazine rings is 1. The van der Waals surface area contributed by atoms with Crippen molar-refractivity contribution in [1.82, 2.24) is 4.90 Å². The average Bonchev–Trinajstić information content (AvgIpc) is 2.97. The first-order valence-electron chi connectivity index (χ1n) is 7.35. The second-order valence-electron chi connectivity index (χ2n) is 6.80. The van der Waals surface area contributed by atoms with E-state index in [2.05, 4.69) is 45.1 Å². The number of halogens is 1. The lowest BCUT2D eigenvalue weighted by Gasteiger charge is -2.36. The van der Waals surface area contributed by atoms with Crippen LogP contribution in [0, 0.1) is 0 Å². The van der Waals surface area contributed by atoms with Crippen LogP contribution in [0.2, 0.25) is 0 Å². The van der Waals surface area contributed by atoms with E-state index in [4.69, 9.17) is 4.74 Å². The van der Waals surface area contributed by atoms with Crippen LogP contribution in [0.4, 0.5) is 10.5 Å². The Labute approximate surface area is 134 Å². The molecule has 2 bridgehead atoms. The second-order valence-corrected chi connectivity index (χ2v) is 7.72. The van der Waals surface area contributed by atoms with Crippen molar-refractivity contribution in [2.45, 2.75) is 44.9 Å². The Morgan fingerprint density at radius 2 is 1.86 bits per heavy atom. The Bertz CT molecular complexity index is 538. The Morgan fingerprint density at radius 1 is 1.19 bits per heavy atom. The van der Waals surface area contributed by atoms with Crippen molar-refractivity contribution in [2.24, 2.45) is 0 Å². The van der Waals surface area contributed by atoms with Gasteiger partial charge in [-0.3, -0.25) is 0 Å². The Morgan fingerprint density at radius 3 is 2.38 bits per heavy atom. The largest absolute Gasteiger partial charge is 0.444 e. The van der Waals surface area contributed by atoms with E-state index in [0.717, 1.165) is 24.0 Å². The maximum Gasteiger partial charge on any atom is 0.410 e. The molecule has 114 valence electrons. The third-order valence-electron chi connectivity index (χ3n) is 4.03. The van der Waals surface area contributed by atoms with Crippen LogP contribution in [0.15, 0.2) is 28.7 Å². The summed E-state index contributed by atoms with van der Waals surface area (Å²) in [6.45, 7) is 7.38. The van der Waals surface area contributed by atoms with Gasteiger partial charge in [-0.1, -0.05) is 15.9 Å². The summed E-state index contributed by atoms with van der Waals surface area (Å²) in [7, 11) is 0. The van der Waals surface area contributed by atoms with Gasteiger partial charge in [0.15, 0.2) is 0 Å². The van der Waals surface area contributed by atoms with Gasteiger partial charge in [-0.2, -0.15) is 0 Å². The number of benzene rings is 1. The molecule has 21 heavy (non-hydrogen) atoms. The minimum Gasteiger partial charge on any atom is -0.444 e. The molecule has 1 amide bonds. The van der Waals surface area contributed by atoms with Crippen LogP contribution in [0.5, 0.6) is 0 Å². The lowest BCUT2D eigenvalue weighted by Crippen LogP contribution is -2.50. The van der Waals surface area contributed by atoms with Gasteiger partial charge in [0.1, 0.15) is 5.60 Å². The standard InChI is InChI=1S/C16H21BrN2O2/c1-16(2,3)21-15(20)19-10-13-8-14(19)9-18(13)12-6-4-11(17)5-7-12/h4-7,13-14H,8-10H2,1-3H3/t13-,14+/m1/s1. The number of fused-ring (bicyclic) bond motifs is 2. The van der Waals surface area contributed by atoms with Crippen molar-refractivity contribution in [1.29, 1.82) is 0 Å². The molecule has 2 heterocycles. The fraction of sp³-hybridized carbons (Fsp3) is 0.562. The smallest absolute Gasteiger partial charge is 0.410 e. The number of nitrogens with zero attached hydrogens (tertiary/aromatic N) is 2. The molecule has 0 aliphatic carbocycles. The molecular weight excluding hydrogens is 332 g/mol. The van der Waals surface area contributed by atoms with Gasteiger partial charge in [-0.25, -0.2) is 4.79 Å². The van der Waals surface area contributed by atoms with Crippen molar-refractivity contribution in [3.63, 3.8) is 0 Å². The molecule has 4 nitrogen and oxygen atoms in total. The number of rotatable bonds is 1. The molecule has 0 radical (unpaired) electrons. The van der Waals surface area contributed by atoms with Gasteiger partial charge >= 0.3 is 6.09 Å². The number of ether oxygens (including phenoxy) is 1. The van der Waals surface area contributed by atoms with Gasteiger partial charge in [0.2, 0.25) is 0 Å². The topological polar surface area (TPSA) is 32.8 Å². The molecule has 0 unspecified atom stereocenters. The van der Waals surface area contributed by atoms with Crippen molar-refractivity contribution < 1.29 is 9.53 Å². The lowest BCUT2D eigenvalue weighted by molar-refractivity contribution is 0.0215. The highest BCUT2D eigenvalue weighted by Gasteiger charge is 2.46. The fourth-order valence-corrected chi connectivity index (χ4v) is 3.42. The zero-order chi connectivity index (χ0) is 15.2. The van der Waals surface area contributed by atoms with E-state index in [1.807, 2.05) is 25.7 Å². The molecular formula is C16H21BrN2O2. The average molecular weight is 353 g/mol. The first kappa shape index (κ1) is 14.7. The summed E-state index contributed by atoms with van der Waals surface area (Å²) in [5.41, 5.74) is 0.805. The zero-order valence-corrected chi connectivity index (χ0v) is 14.3. The van der Waals surface area contributed by atoms with E-state index in [9.17, 15) is 4.79 Å². The minimum atomic E-state index is -0.426. The van der Waals surface area contributed by atoms with Crippen LogP contribution in [-0.4, -0.2) is 41.8 Å². The lowest BCUT2D eigenvalue weighted by atomic mass is 10.2. The van der Waals surface area contributed by atoms with Crippen LogP contribution in [0.1, 0.15) is 27.2 Å². The highest BCUT2D eigenvalue weighted by atomic mass is 79.9. The Balaban J connectivity index is 1.66. The van der Waals surface area contributed by atoms with Crippen molar-refractivity contribution in [3.8, 4) is 0 Å². The summed E-state index contributed by atoms with van der Waals surface area (Å²) >= 11 is 3.46. The monoisotopic (exact) mass is 352 g/mol. The van der Waals surface area contributed by atoms with E-state index in [0.29, 0.717) is 6.04 Å². The molecule has 5 heteroatoms. The van der Waals surface area contributed by atoms with Crippen LogP contribution < -0.4 is 4.90 Å². The van der Waals surface area contributed by atoms with Crippen LogP contribution >= 0.6 is 15.9 Å². The number of carbonyl (C=O) groups is 1. The Kier molecular flexibility index (Phi) is 3.64. The molecule has 0 spiro atoms. The quantitative estimate of drug-likeness (QED) is 0.773. The van der Waals surface area contributed by atoms with Gasteiger partial charge in [-0.05, 0) is 51.5 Å². The number of amides is 1. The highest BCUT2D eigenvalue weighted by molar-refractivity contribution is 9.10. The molecule has 2 aliphatic heterocycles. The van der Waals surface area contributed by atoms with Gasteiger partial charge in [0.05, 0.1) is 6.04 Å². The van der Waals surface area contributed by atoms with Crippen molar-refractivity contribution in [3.05, 3.63) is 28.7 Å². The van der Waals surface area contributed by atoms with Gasteiger partial charge in [0.25, 0.3) is 0 Å². The summed E-state index contributed by atoms with van der Waals surface area (Å²) in [4.78, 5) is 16.5. The summed E-state index contributed by atoms with van der Waals surface area (Å²) in [6, 6.07) is 9.06. The molecule has 1 aromatic carbocycles. The normalized spacial score (nSPS) is 24.6. The van der Waals surface area contributed by atoms with Crippen LogP contribution in [0.3, 0.4) is 0 Å². The maximum absolute atomic E-state index is 12.2. The van der Waals surface area contributed by atoms with Gasteiger partial charge in [0, 0.05) is 29.3 Å². The summed E-state index contributed by atoms with van der Waals surface area (Å²) in [5.74, 6) is 0. The number of hydrogen-bond acceptors (Lipinski definition) is 3. The third kappa shape index (κ3) is 3.03. The SMILES string of the molecule is CC(C)(C)OC(=O)N1C[C@H]2C[C@H]1CN2c1ccc(Br)cc1. The Hall–Kier alpha value is -1.23. The van der Waals surface area contributed by atoms with E-state index < -0.39 is 5.60 Å². The fourth-order valence-electron chi connectivity index (χ4n) is 3.16. The maximum atomic E-state index is 12.2. The molecule has 2 saturated heterocycles. The molecule has 2 atom stereocenters. The second kappa shape index (κ2) is 5.20. The van der Waals surface area contributed by atoms with Crippen molar-refractivity contribution in [2.75, 3.05) is 18.0 Å². The van der Waals surface area contributed by atoms with E-state index in [1.165, 1.54) is 5.69 Å². The van der Waals surface area contributed by atoms with Crippen molar-refractivity contribution >= 4 is 27.7 Å². The number of anilines is 1. The molecule has 0 saturated carbocycles. The van der Waals surface area contributed by atoms with Gasteiger partial charge < -0.3 is 14.5 Å². The third-order valence-corrected chi connectivity index (χ3v) is 4.56. The number of likely N-dealkylation sites (tertiary alicyclic amines) is 1. The molecule has 1 aromatic rings. The van der Waals surface area contributed by atoms with Crippen LogP contribution in [0.25, 0.3) is 0 Å². The molecule has 2 fully saturated rings. The molecule has 2 aliphatic rings. The predicted octanol–water partition coefficient (Wildman–Crippen LogP) is 3.65. The predicted molar refractivity (Wildman–Crippen MR) is 86.6 cm³/mol. The van der Waals surface area contributed by atoms with Gasteiger partial charge in [-0.15, -0.1) is 0 Å². The van der Waals surface area contributed by atoms with Crippen LogP contribution in [-0.2, 0) is 4.74 Å². The minimum absolute atomic E-state index is 0.176. The first-order valence-corrected chi connectivity index (χ1v) is 8.14. The first-order chi connectivity index (χ1) is 9.83. The molecule has 0 aromatic heterocycles.